The Morgan fingerprint density at radius 1 is 1.43 bits per heavy atom. The van der Waals surface area contributed by atoms with Gasteiger partial charge in [-0.1, -0.05) is 19.6 Å². The van der Waals surface area contributed by atoms with E-state index in [1.807, 2.05) is 0 Å². The maximum Gasteiger partial charge on any atom is 0.393 e. The lowest BCUT2D eigenvalue weighted by Gasteiger charge is -2.15. The Bertz CT molecular complexity index is 495. The zero-order chi connectivity index (χ0) is 16.3. The maximum absolute atomic E-state index is 12.4. The number of aromatic carboxylic acids is 1. The summed E-state index contributed by atoms with van der Waals surface area (Å²) in [5.74, 6) is -1.48. The van der Waals surface area contributed by atoms with Crippen LogP contribution in [0.3, 0.4) is 0 Å². The molecule has 1 aromatic heterocycles. The van der Waals surface area contributed by atoms with Crippen molar-refractivity contribution in [1.82, 2.24) is 9.78 Å². The molecular weight excluding hydrogens is 305 g/mol. The number of hydrogen-bond acceptors (Lipinski definition) is 3. The van der Waals surface area contributed by atoms with Crippen molar-refractivity contribution in [2.75, 3.05) is 6.61 Å². The second-order valence-corrected chi connectivity index (χ2v) is 11.6. The Kier molecular flexibility index (Phi) is 5.57. The first-order chi connectivity index (χ1) is 9.48. The molecule has 1 heterocycles. The van der Waals surface area contributed by atoms with Crippen molar-refractivity contribution >= 4 is 14.0 Å². The van der Waals surface area contributed by atoms with Crippen molar-refractivity contribution in [2.24, 2.45) is 0 Å². The number of alkyl halides is 3. The second-order valence-electron chi connectivity index (χ2n) is 5.99. The highest BCUT2D eigenvalue weighted by Gasteiger charge is 2.31. The van der Waals surface area contributed by atoms with Crippen LogP contribution in [-0.4, -0.2) is 41.7 Å². The molecule has 0 aromatic carbocycles. The fraction of sp³-hybridized carbons (Fsp3) is 0.667. The van der Waals surface area contributed by atoms with Gasteiger partial charge in [-0.25, -0.2) is 9.48 Å². The Hall–Kier alpha value is -1.35. The van der Waals surface area contributed by atoms with E-state index in [1.54, 1.807) is 0 Å². The van der Waals surface area contributed by atoms with Crippen LogP contribution >= 0.6 is 0 Å². The van der Waals surface area contributed by atoms with Crippen LogP contribution in [0.4, 0.5) is 13.2 Å². The van der Waals surface area contributed by atoms with E-state index in [-0.39, 0.29) is 12.3 Å². The quantitative estimate of drug-likeness (QED) is 0.618. The smallest absolute Gasteiger partial charge is 0.393 e. The van der Waals surface area contributed by atoms with Gasteiger partial charge in [-0.2, -0.15) is 18.3 Å². The third kappa shape index (κ3) is 6.76. The van der Waals surface area contributed by atoms with Gasteiger partial charge < -0.3 is 9.84 Å². The zero-order valence-electron chi connectivity index (χ0n) is 12.2. The fourth-order valence-corrected chi connectivity index (χ4v) is 2.35. The summed E-state index contributed by atoms with van der Waals surface area (Å²) in [6, 6.07) is 0.912. The number of halogens is 3. The van der Waals surface area contributed by atoms with Crippen molar-refractivity contribution in [1.29, 1.82) is 0 Å². The Labute approximate surface area is 121 Å². The molecule has 0 aliphatic carbocycles. The van der Waals surface area contributed by atoms with Crippen LogP contribution in [0.5, 0.6) is 0 Å². The summed E-state index contributed by atoms with van der Waals surface area (Å²) in [5.41, 5.74) is -0.940. The minimum Gasteiger partial charge on any atom is -0.476 e. The topological polar surface area (TPSA) is 64.3 Å². The number of carbonyl (C=O) groups is 1. The molecule has 0 aliphatic heterocycles. The van der Waals surface area contributed by atoms with Gasteiger partial charge >= 0.3 is 12.1 Å². The lowest BCUT2D eigenvalue weighted by atomic mass is 10.2. The van der Waals surface area contributed by atoms with E-state index in [9.17, 15) is 18.0 Å². The Morgan fingerprint density at radius 3 is 2.52 bits per heavy atom. The van der Waals surface area contributed by atoms with E-state index >= 15 is 0 Å². The van der Waals surface area contributed by atoms with Gasteiger partial charge in [0.2, 0.25) is 0 Å². The van der Waals surface area contributed by atoms with Gasteiger partial charge in [0.25, 0.3) is 0 Å². The van der Waals surface area contributed by atoms with Gasteiger partial charge in [-0.3, -0.25) is 0 Å². The van der Waals surface area contributed by atoms with Crippen molar-refractivity contribution in [3.8, 4) is 0 Å². The van der Waals surface area contributed by atoms with E-state index in [2.05, 4.69) is 24.7 Å². The van der Waals surface area contributed by atoms with Crippen molar-refractivity contribution < 1.29 is 27.8 Å². The molecule has 0 bridgehead atoms. The van der Waals surface area contributed by atoms with Crippen molar-refractivity contribution in [3.05, 3.63) is 17.5 Å². The molecule has 1 rings (SSSR count). The van der Waals surface area contributed by atoms with Crippen molar-refractivity contribution in [2.45, 2.75) is 45.0 Å². The van der Waals surface area contributed by atoms with Gasteiger partial charge in [0, 0.05) is 26.4 Å². The first-order valence-corrected chi connectivity index (χ1v) is 10.1. The number of hydrogen-bond donors (Lipinski definition) is 1. The molecule has 0 fully saturated rings. The number of carboxylic acid groups (broad SMARTS) is 1. The molecule has 21 heavy (non-hydrogen) atoms. The second kappa shape index (κ2) is 6.61. The van der Waals surface area contributed by atoms with Crippen LogP contribution in [0.25, 0.3) is 0 Å². The predicted molar refractivity (Wildman–Crippen MR) is 73.1 cm³/mol. The van der Waals surface area contributed by atoms with Crippen molar-refractivity contribution in [3.63, 3.8) is 0 Å². The number of ether oxygens (including phenoxy) is 1. The normalized spacial score (nSPS) is 12.7. The lowest BCUT2D eigenvalue weighted by Crippen LogP contribution is -2.22. The van der Waals surface area contributed by atoms with Crippen LogP contribution in [0.15, 0.2) is 6.20 Å². The molecule has 0 saturated carbocycles. The largest absolute Gasteiger partial charge is 0.476 e. The molecule has 0 spiro atoms. The molecule has 0 radical (unpaired) electrons. The van der Waals surface area contributed by atoms with Gasteiger partial charge in [0.1, 0.15) is 6.73 Å². The highest BCUT2D eigenvalue weighted by Crippen LogP contribution is 2.23. The molecule has 120 valence electrons. The van der Waals surface area contributed by atoms with Crippen LogP contribution in [-0.2, 0) is 17.9 Å². The molecule has 0 atom stereocenters. The minimum absolute atomic E-state index is 0.0530. The first kappa shape index (κ1) is 17.7. The lowest BCUT2D eigenvalue weighted by molar-refractivity contribution is -0.127. The number of nitrogens with zero attached hydrogens (tertiary/aromatic N) is 2. The molecule has 0 saturated heterocycles. The molecular formula is C12H19F3N2O3Si. The summed E-state index contributed by atoms with van der Waals surface area (Å²) in [4.78, 5) is 10.9. The number of rotatable bonds is 7. The summed E-state index contributed by atoms with van der Waals surface area (Å²) in [6.07, 6.45) is -4.72. The van der Waals surface area contributed by atoms with E-state index in [1.165, 1.54) is 0 Å². The van der Waals surface area contributed by atoms with Crippen LogP contribution in [0, 0.1) is 0 Å². The standard InChI is InChI=1S/C12H19F3N2O3Si/c1-21(2,3)5-4-20-8-17-7-9(6-12(13,14)15)10(16-17)11(18)19/h7H,4-6,8H2,1-3H3,(H,18,19). The summed E-state index contributed by atoms with van der Waals surface area (Å²) < 4.78 is 43.6. The van der Waals surface area contributed by atoms with Gasteiger partial charge in [0.15, 0.2) is 5.69 Å². The Balaban J connectivity index is 2.68. The van der Waals surface area contributed by atoms with Gasteiger partial charge in [-0.05, 0) is 6.04 Å². The summed E-state index contributed by atoms with van der Waals surface area (Å²) in [7, 11) is -1.25. The summed E-state index contributed by atoms with van der Waals surface area (Å²) >= 11 is 0. The van der Waals surface area contributed by atoms with Gasteiger partial charge in [-0.15, -0.1) is 0 Å². The minimum atomic E-state index is -4.48. The third-order valence-corrected chi connectivity index (χ3v) is 4.36. The molecule has 5 nitrogen and oxygen atoms in total. The SMILES string of the molecule is C[Si](C)(C)CCOCn1cc(CC(F)(F)F)c(C(=O)O)n1. The highest BCUT2D eigenvalue weighted by atomic mass is 28.3. The summed E-state index contributed by atoms with van der Waals surface area (Å²) in [5, 5.41) is 12.5. The number of carboxylic acids is 1. The first-order valence-electron chi connectivity index (χ1n) is 6.42. The molecule has 9 heteroatoms. The number of aromatic nitrogens is 2. The van der Waals surface area contributed by atoms with Crippen LogP contribution < -0.4 is 0 Å². The third-order valence-electron chi connectivity index (χ3n) is 2.65. The molecule has 1 N–H and O–H groups in total. The fourth-order valence-electron chi connectivity index (χ4n) is 1.59. The highest BCUT2D eigenvalue weighted by molar-refractivity contribution is 6.76. The Morgan fingerprint density at radius 2 is 2.05 bits per heavy atom. The molecule has 0 aliphatic rings. The molecule has 0 amide bonds. The average molecular weight is 324 g/mol. The average Bonchev–Trinajstić information content (AvgIpc) is 2.64. The monoisotopic (exact) mass is 324 g/mol. The maximum atomic E-state index is 12.4. The molecule has 1 aromatic rings. The van der Waals surface area contributed by atoms with E-state index in [0.29, 0.717) is 6.61 Å². The van der Waals surface area contributed by atoms with E-state index in [4.69, 9.17) is 9.84 Å². The zero-order valence-corrected chi connectivity index (χ0v) is 13.2. The van der Waals surface area contributed by atoms with E-state index < -0.39 is 32.3 Å². The van der Waals surface area contributed by atoms with Crippen LogP contribution in [0.1, 0.15) is 16.1 Å². The predicted octanol–water partition coefficient (Wildman–Crippen LogP) is 3.00. The molecule has 0 unspecified atom stereocenters. The van der Waals surface area contributed by atoms with Gasteiger partial charge in [0.05, 0.1) is 6.42 Å². The summed E-state index contributed by atoms with van der Waals surface area (Å²) in [6.45, 7) is 6.95. The van der Waals surface area contributed by atoms with E-state index in [0.717, 1.165) is 16.9 Å². The van der Waals surface area contributed by atoms with Crippen LogP contribution in [0.2, 0.25) is 25.7 Å².